The van der Waals surface area contributed by atoms with Crippen molar-refractivity contribution in [2.45, 2.75) is 25.0 Å². The predicted octanol–water partition coefficient (Wildman–Crippen LogP) is 2.67. The van der Waals surface area contributed by atoms with E-state index >= 15 is 0 Å². The molecule has 2 N–H and O–H groups in total. The Balaban J connectivity index is 1.84. The van der Waals surface area contributed by atoms with Crippen molar-refractivity contribution in [2.24, 2.45) is 0 Å². The minimum atomic E-state index is -0.885. The first kappa shape index (κ1) is 20.6. The summed E-state index contributed by atoms with van der Waals surface area (Å²) in [7, 11) is 4.03. The summed E-state index contributed by atoms with van der Waals surface area (Å²) >= 11 is 0. The van der Waals surface area contributed by atoms with Crippen LogP contribution in [-0.4, -0.2) is 60.3 Å². The molecule has 0 spiro atoms. The Hall–Kier alpha value is -1.72. The number of benzene rings is 2. The molecule has 0 heterocycles. The number of hydrogen-bond donors (Lipinski definition) is 2. The van der Waals surface area contributed by atoms with E-state index in [9.17, 15) is 10.2 Å². The van der Waals surface area contributed by atoms with E-state index in [-0.39, 0.29) is 0 Å². The van der Waals surface area contributed by atoms with Crippen LogP contribution in [0.2, 0.25) is 0 Å². The number of rotatable bonds is 9. The summed E-state index contributed by atoms with van der Waals surface area (Å²) in [6.45, 7) is 6.43. The first-order chi connectivity index (χ1) is 12.2. The molecule has 4 nitrogen and oxygen atoms in total. The van der Waals surface area contributed by atoms with Crippen molar-refractivity contribution in [3.05, 3.63) is 71.8 Å². The molecule has 0 aliphatic carbocycles. The van der Waals surface area contributed by atoms with Crippen molar-refractivity contribution in [3.63, 3.8) is 0 Å². The van der Waals surface area contributed by atoms with Gasteiger partial charge in [-0.25, -0.2) is 0 Å². The van der Waals surface area contributed by atoms with Gasteiger partial charge in [0.05, 0.1) is 11.2 Å². The lowest BCUT2D eigenvalue weighted by Crippen LogP contribution is -2.43. The van der Waals surface area contributed by atoms with E-state index < -0.39 is 11.2 Å². The van der Waals surface area contributed by atoms with Gasteiger partial charge in [-0.05, 0) is 39.1 Å². The average molecular weight is 357 g/mol. The third kappa shape index (κ3) is 5.92. The summed E-state index contributed by atoms with van der Waals surface area (Å²) in [5.41, 5.74) is 0.0771. The molecule has 2 aromatic carbocycles. The number of likely N-dealkylation sites (N-methyl/N-ethyl adjacent to an activating group) is 2. The van der Waals surface area contributed by atoms with E-state index in [1.165, 1.54) is 0 Å². The highest BCUT2D eigenvalue weighted by atomic mass is 16.3. The van der Waals surface area contributed by atoms with E-state index in [0.29, 0.717) is 13.1 Å². The second-order valence-electron chi connectivity index (χ2n) is 7.76. The lowest BCUT2D eigenvalue weighted by atomic mass is 9.95. The molecule has 2 rings (SSSR count). The Morgan fingerprint density at radius 1 is 0.654 bits per heavy atom. The van der Waals surface area contributed by atoms with Crippen molar-refractivity contribution in [3.8, 4) is 0 Å². The number of hydrogen-bond acceptors (Lipinski definition) is 4. The van der Waals surface area contributed by atoms with Gasteiger partial charge in [0.2, 0.25) is 0 Å². The third-order valence-corrected chi connectivity index (χ3v) is 4.81. The molecule has 0 amide bonds. The van der Waals surface area contributed by atoms with E-state index in [1.54, 1.807) is 0 Å². The Morgan fingerprint density at radius 3 is 1.27 bits per heavy atom. The summed E-state index contributed by atoms with van der Waals surface area (Å²) in [5, 5.41) is 21.5. The van der Waals surface area contributed by atoms with Crippen LogP contribution in [0.25, 0.3) is 0 Å². The second kappa shape index (κ2) is 8.78. The van der Waals surface area contributed by atoms with Crippen LogP contribution in [0.1, 0.15) is 25.0 Å². The number of nitrogens with zero attached hydrogens (tertiary/aromatic N) is 2. The molecule has 0 aromatic heterocycles. The maximum atomic E-state index is 10.8. The second-order valence-corrected chi connectivity index (χ2v) is 7.76. The molecule has 2 atom stereocenters. The van der Waals surface area contributed by atoms with Crippen LogP contribution in [-0.2, 0) is 11.2 Å². The number of aliphatic hydroxyl groups is 2. The first-order valence-corrected chi connectivity index (χ1v) is 9.14. The lowest BCUT2D eigenvalue weighted by molar-refractivity contribution is 0.00911. The fourth-order valence-corrected chi connectivity index (χ4v) is 3.33. The first-order valence-electron chi connectivity index (χ1n) is 9.14. The van der Waals surface area contributed by atoms with Gasteiger partial charge in [0.1, 0.15) is 0 Å². The normalized spacial score (nSPS) is 16.5. The van der Waals surface area contributed by atoms with Crippen molar-refractivity contribution in [1.82, 2.24) is 9.80 Å². The zero-order chi connectivity index (χ0) is 19.2. The van der Waals surface area contributed by atoms with Gasteiger partial charge < -0.3 is 20.0 Å². The zero-order valence-electron chi connectivity index (χ0n) is 16.4. The van der Waals surface area contributed by atoms with E-state index in [2.05, 4.69) is 9.80 Å². The highest BCUT2D eigenvalue weighted by Crippen LogP contribution is 2.22. The third-order valence-electron chi connectivity index (χ3n) is 4.81. The molecule has 0 aliphatic rings. The molecule has 0 radical (unpaired) electrons. The molecule has 26 heavy (non-hydrogen) atoms. The smallest absolute Gasteiger partial charge is 0.0994 e. The van der Waals surface area contributed by atoms with Crippen molar-refractivity contribution in [2.75, 3.05) is 40.3 Å². The molecular formula is C22H32N2O2. The van der Waals surface area contributed by atoms with Gasteiger partial charge in [0, 0.05) is 26.2 Å². The quantitative estimate of drug-likeness (QED) is 0.725. The SMILES string of the molecule is CN(CCN(C)CC(C)(O)c1ccccc1)CC(C)(O)c1ccccc1. The monoisotopic (exact) mass is 356 g/mol. The Kier molecular flexibility index (Phi) is 6.95. The van der Waals surface area contributed by atoms with Crippen LogP contribution >= 0.6 is 0 Å². The fraction of sp³-hybridized carbons (Fsp3) is 0.455. The average Bonchev–Trinajstić information content (AvgIpc) is 2.61. The van der Waals surface area contributed by atoms with E-state index in [0.717, 1.165) is 24.2 Å². The van der Waals surface area contributed by atoms with Crippen LogP contribution in [0.15, 0.2) is 60.7 Å². The zero-order valence-corrected chi connectivity index (χ0v) is 16.4. The Bertz CT molecular complexity index is 597. The molecule has 0 saturated carbocycles. The van der Waals surface area contributed by atoms with Crippen LogP contribution < -0.4 is 0 Å². The van der Waals surface area contributed by atoms with Gasteiger partial charge in [0.25, 0.3) is 0 Å². The van der Waals surface area contributed by atoms with Gasteiger partial charge in [-0.3, -0.25) is 0 Å². The van der Waals surface area contributed by atoms with Gasteiger partial charge in [-0.15, -0.1) is 0 Å². The minimum absolute atomic E-state index is 0.555. The van der Waals surface area contributed by atoms with Crippen molar-refractivity contribution >= 4 is 0 Å². The summed E-state index contributed by atoms with van der Waals surface area (Å²) < 4.78 is 0. The maximum absolute atomic E-state index is 10.8. The van der Waals surface area contributed by atoms with Crippen molar-refractivity contribution in [1.29, 1.82) is 0 Å². The predicted molar refractivity (Wildman–Crippen MR) is 107 cm³/mol. The minimum Gasteiger partial charge on any atom is -0.384 e. The molecule has 0 saturated heterocycles. The van der Waals surface area contributed by atoms with Gasteiger partial charge in [0.15, 0.2) is 0 Å². The van der Waals surface area contributed by atoms with Crippen molar-refractivity contribution < 1.29 is 10.2 Å². The molecule has 2 aromatic rings. The molecule has 0 fully saturated rings. The fourth-order valence-electron chi connectivity index (χ4n) is 3.33. The summed E-state index contributed by atoms with van der Waals surface area (Å²) in [4.78, 5) is 4.25. The topological polar surface area (TPSA) is 46.9 Å². The molecule has 2 unspecified atom stereocenters. The molecule has 142 valence electrons. The van der Waals surface area contributed by atoms with Gasteiger partial charge in [-0.1, -0.05) is 60.7 Å². The van der Waals surface area contributed by atoms with Crippen LogP contribution in [0, 0.1) is 0 Å². The van der Waals surface area contributed by atoms with E-state index in [1.807, 2.05) is 88.6 Å². The van der Waals surface area contributed by atoms with Crippen LogP contribution in [0.3, 0.4) is 0 Å². The van der Waals surface area contributed by atoms with Gasteiger partial charge >= 0.3 is 0 Å². The molecule has 0 bridgehead atoms. The molecular weight excluding hydrogens is 324 g/mol. The largest absolute Gasteiger partial charge is 0.384 e. The highest BCUT2D eigenvalue weighted by molar-refractivity contribution is 5.22. The standard InChI is InChI=1S/C22H32N2O2/c1-21(25,19-11-7-5-8-12-19)17-23(3)15-16-24(4)18-22(2,26)20-13-9-6-10-14-20/h5-14,25-26H,15-18H2,1-4H3. The maximum Gasteiger partial charge on any atom is 0.0994 e. The van der Waals surface area contributed by atoms with Gasteiger partial charge in [-0.2, -0.15) is 0 Å². The Morgan fingerprint density at radius 2 is 0.962 bits per heavy atom. The molecule has 4 heteroatoms. The van der Waals surface area contributed by atoms with Crippen LogP contribution in [0.5, 0.6) is 0 Å². The van der Waals surface area contributed by atoms with E-state index in [4.69, 9.17) is 0 Å². The molecule has 0 aliphatic heterocycles. The lowest BCUT2D eigenvalue weighted by Gasteiger charge is -2.33. The highest BCUT2D eigenvalue weighted by Gasteiger charge is 2.26. The van der Waals surface area contributed by atoms with Crippen LogP contribution in [0.4, 0.5) is 0 Å². The summed E-state index contributed by atoms with van der Waals surface area (Å²) in [6.07, 6.45) is 0. The summed E-state index contributed by atoms with van der Waals surface area (Å²) in [5.74, 6) is 0. The Labute approximate surface area is 157 Å². The summed E-state index contributed by atoms with van der Waals surface area (Å²) in [6, 6.07) is 19.5.